The summed E-state index contributed by atoms with van der Waals surface area (Å²) in [6, 6.07) is 0. The molecule has 0 bridgehead atoms. The first kappa shape index (κ1) is 25.6. The molecule has 1 radical (unpaired) electrons. The minimum absolute atomic E-state index is 0. The number of aldehydes is 1. The van der Waals surface area contributed by atoms with E-state index in [0.717, 1.165) is 24.7 Å². The first-order valence-electron chi connectivity index (χ1n) is 13.4. The van der Waals surface area contributed by atoms with Gasteiger partial charge in [-0.1, -0.05) is 65.5 Å². The number of rotatable bonds is 2. The second-order valence-corrected chi connectivity index (χ2v) is 14.1. The molecule has 0 aromatic heterocycles. The van der Waals surface area contributed by atoms with E-state index in [9.17, 15) is 4.79 Å². The standard InChI is InChI=1S/C30H47O.Y/c1-20(2)21-11-16-30(19-31)18-17-28(6)22(25(21)30)9-10-24-27(5)14-8-13-26(3,4)23(27)12-15-29(24,28)7;/h13,19,21-25H,1,8-12,14-18H2,2-7H3;/q-1;. The molecular formula is C30H47OY-. The summed E-state index contributed by atoms with van der Waals surface area (Å²) in [6.45, 7) is 19.7. The molecule has 2 heteroatoms. The van der Waals surface area contributed by atoms with E-state index in [2.05, 4.69) is 54.5 Å². The zero-order chi connectivity index (χ0) is 22.4. The van der Waals surface area contributed by atoms with E-state index in [1.165, 1.54) is 63.2 Å². The van der Waals surface area contributed by atoms with E-state index in [1.54, 1.807) is 0 Å². The van der Waals surface area contributed by atoms with Crippen LogP contribution in [0, 0.1) is 63.1 Å². The number of hydrogen-bond acceptors (Lipinski definition) is 1. The summed E-state index contributed by atoms with van der Waals surface area (Å²) in [5.74, 6) is 3.46. The zero-order valence-electron chi connectivity index (χ0n) is 21.8. The minimum atomic E-state index is -0.0557. The Balaban J connectivity index is 0.00000245. The average Bonchev–Trinajstić information content (AvgIpc) is 3.08. The Morgan fingerprint density at radius 2 is 1.59 bits per heavy atom. The quantitative estimate of drug-likeness (QED) is 0.208. The first-order chi connectivity index (χ1) is 14.5. The van der Waals surface area contributed by atoms with Crippen LogP contribution in [-0.4, -0.2) is 6.29 Å². The predicted molar refractivity (Wildman–Crippen MR) is 129 cm³/mol. The summed E-state index contributed by atoms with van der Waals surface area (Å²) in [6.07, 6.45) is 16.9. The Bertz CT molecular complexity index is 786. The van der Waals surface area contributed by atoms with Crippen LogP contribution >= 0.6 is 0 Å². The molecule has 0 heterocycles. The summed E-state index contributed by atoms with van der Waals surface area (Å²) >= 11 is 0. The van der Waals surface area contributed by atoms with Crippen molar-refractivity contribution < 1.29 is 37.5 Å². The van der Waals surface area contributed by atoms with Gasteiger partial charge in [0.2, 0.25) is 0 Å². The van der Waals surface area contributed by atoms with Gasteiger partial charge in [-0.25, -0.2) is 0 Å². The fourth-order valence-corrected chi connectivity index (χ4v) is 11.2. The molecule has 5 rings (SSSR count). The number of allylic oxidation sites excluding steroid dienone is 1. The van der Waals surface area contributed by atoms with Crippen molar-refractivity contribution in [1.82, 2.24) is 0 Å². The molecule has 5 saturated carbocycles. The van der Waals surface area contributed by atoms with Crippen LogP contribution in [0.3, 0.4) is 0 Å². The third-order valence-electron chi connectivity index (χ3n) is 12.9. The van der Waals surface area contributed by atoms with Gasteiger partial charge in [-0.05, 0) is 91.8 Å². The van der Waals surface area contributed by atoms with Crippen molar-refractivity contribution in [3.63, 3.8) is 0 Å². The number of hydrogen-bond donors (Lipinski definition) is 0. The third-order valence-corrected chi connectivity index (χ3v) is 12.9. The summed E-state index contributed by atoms with van der Waals surface area (Å²) in [5, 5.41) is 0. The summed E-state index contributed by atoms with van der Waals surface area (Å²) in [4.78, 5) is 12.6. The normalized spacial score (nSPS) is 53.6. The molecule has 177 valence electrons. The van der Waals surface area contributed by atoms with Crippen LogP contribution in [-0.2, 0) is 37.5 Å². The fraction of sp³-hybridized carbons (Fsp3) is 0.867. The van der Waals surface area contributed by atoms with Crippen LogP contribution in [0.15, 0.2) is 12.2 Å². The van der Waals surface area contributed by atoms with Crippen LogP contribution < -0.4 is 0 Å². The van der Waals surface area contributed by atoms with Crippen molar-refractivity contribution in [2.75, 3.05) is 0 Å². The Morgan fingerprint density at radius 1 is 0.875 bits per heavy atom. The Kier molecular flexibility index (Phi) is 6.41. The van der Waals surface area contributed by atoms with Crippen LogP contribution in [0.5, 0.6) is 0 Å². The predicted octanol–water partition coefficient (Wildman–Crippen LogP) is 8.04. The molecule has 0 N–H and O–H groups in total. The summed E-state index contributed by atoms with van der Waals surface area (Å²) in [7, 11) is 0. The van der Waals surface area contributed by atoms with E-state index >= 15 is 0 Å². The van der Waals surface area contributed by atoms with Crippen molar-refractivity contribution >= 4 is 6.29 Å². The number of fused-ring (bicyclic) bond motifs is 7. The van der Waals surface area contributed by atoms with Crippen molar-refractivity contribution in [3.05, 3.63) is 18.6 Å². The van der Waals surface area contributed by atoms with E-state index in [4.69, 9.17) is 0 Å². The molecular weight excluding hydrogens is 465 g/mol. The van der Waals surface area contributed by atoms with Crippen LogP contribution in [0.2, 0.25) is 0 Å². The molecule has 0 aliphatic heterocycles. The van der Waals surface area contributed by atoms with Crippen molar-refractivity contribution in [1.29, 1.82) is 0 Å². The molecule has 1 nitrogen and oxygen atoms in total. The van der Waals surface area contributed by atoms with Crippen molar-refractivity contribution in [2.45, 2.75) is 106 Å². The first-order valence-corrected chi connectivity index (χ1v) is 13.4. The second-order valence-electron chi connectivity index (χ2n) is 14.1. The molecule has 0 aromatic carbocycles. The van der Waals surface area contributed by atoms with Gasteiger partial charge in [0.1, 0.15) is 6.29 Å². The van der Waals surface area contributed by atoms with E-state index in [0.29, 0.717) is 39.4 Å². The molecule has 5 aliphatic rings. The van der Waals surface area contributed by atoms with Gasteiger partial charge in [-0.15, -0.1) is 0 Å². The SMILES string of the molecule is C=C(C)C1CCC2(C=O)CCC3(C)C(CCC4C5(C)CC[CH-]C(C)(C)C5CCC43C)C12.[Y]. The maximum atomic E-state index is 12.6. The van der Waals surface area contributed by atoms with Gasteiger partial charge in [-0.2, -0.15) is 11.8 Å². The Hall–Kier alpha value is 0.514. The molecule has 0 amide bonds. The van der Waals surface area contributed by atoms with Gasteiger partial charge in [-0.3, -0.25) is 0 Å². The minimum Gasteiger partial charge on any atom is -0.323 e. The molecule has 0 aromatic rings. The van der Waals surface area contributed by atoms with Crippen LogP contribution in [0.25, 0.3) is 0 Å². The Labute approximate surface area is 223 Å². The largest absolute Gasteiger partial charge is 0.323 e. The number of carbonyl (C=O) groups excluding carboxylic acids is 1. The second kappa shape index (κ2) is 8.01. The summed E-state index contributed by atoms with van der Waals surface area (Å²) in [5.41, 5.74) is 2.91. The van der Waals surface area contributed by atoms with Crippen molar-refractivity contribution in [3.8, 4) is 0 Å². The molecule has 32 heavy (non-hydrogen) atoms. The maximum Gasteiger partial charge on any atom is 0.126 e. The molecule has 5 aliphatic carbocycles. The number of carbonyl (C=O) groups is 1. The molecule has 5 fully saturated rings. The average molecular weight is 513 g/mol. The smallest absolute Gasteiger partial charge is 0.126 e. The third kappa shape index (κ3) is 3.11. The molecule has 0 saturated heterocycles. The van der Waals surface area contributed by atoms with E-state index in [-0.39, 0.29) is 38.1 Å². The van der Waals surface area contributed by atoms with Gasteiger partial charge in [0.25, 0.3) is 0 Å². The van der Waals surface area contributed by atoms with Gasteiger partial charge in [0.05, 0.1) is 0 Å². The zero-order valence-corrected chi connectivity index (χ0v) is 24.6. The fourth-order valence-electron chi connectivity index (χ4n) is 11.2. The molecule has 9 atom stereocenters. The maximum absolute atomic E-state index is 12.6. The topological polar surface area (TPSA) is 17.1 Å². The summed E-state index contributed by atoms with van der Waals surface area (Å²) < 4.78 is 0. The van der Waals surface area contributed by atoms with Gasteiger partial charge >= 0.3 is 0 Å². The van der Waals surface area contributed by atoms with Gasteiger partial charge < -0.3 is 11.2 Å². The van der Waals surface area contributed by atoms with Crippen molar-refractivity contribution in [2.24, 2.45) is 56.7 Å². The van der Waals surface area contributed by atoms with E-state index < -0.39 is 0 Å². The van der Waals surface area contributed by atoms with Gasteiger partial charge in [0, 0.05) is 38.1 Å². The Morgan fingerprint density at radius 3 is 2.25 bits per heavy atom. The van der Waals surface area contributed by atoms with E-state index in [1.807, 2.05) is 0 Å². The van der Waals surface area contributed by atoms with Crippen LogP contribution in [0.1, 0.15) is 106 Å². The molecule has 9 unspecified atom stereocenters. The van der Waals surface area contributed by atoms with Gasteiger partial charge in [0.15, 0.2) is 0 Å². The monoisotopic (exact) mass is 512 g/mol. The van der Waals surface area contributed by atoms with Crippen LogP contribution in [0.4, 0.5) is 0 Å². The molecule has 0 spiro atoms.